The number of rotatable bonds is 44. The molecule has 0 aromatic carbocycles. The molecule has 6 heteroatoms. The number of carbonyl (C=O) groups excluding carboxylic acids is 2. The van der Waals surface area contributed by atoms with Crippen molar-refractivity contribution in [1.82, 2.24) is 5.32 Å². The fraction of sp³-hybridized carbons (Fsp3) is 0.808. The van der Waals surface area contributed by atoms with E-state index in [2.05, 4.69) is 74.7 Å². The van der Waals surface area contributed by atoms with Crippen molar-refractivity contribution in [3.8, 4) is 0 Å². The molecule has 3 atom stereocenters. The van der Waals surface area contributed by atoms with E-state index in [-0.39, 0.29) is 24.9 Å². The molecule has 58 heavy (non-hydrogen) atoms. The lowest BCUT2D eigenvalue weighted by atomic mass is 10.0. The van der Waals surface area contributed by atoms with E-state index < -0.39 is 18.2 Å². The van der Waals surface area contributed by atoms with Crippen LogP contribution in [0.3, 0.4) is 0 Å². The van der Waals surface area contributed by atoms with E-state index in [0.717, 1.165) is 77.0 Å². The first-order chi connectivity index (χ1) is 28.5. The number of aliphatic hydroxyl groups excluding tert-OH is 2. The number of esters is 1. The van der Waals surface area contributed by atoms with Crippen molar-refractivity contribution < 1.29 is 24.5 Å². The zero-order chi connectivity index (χ0) is 42.4. The van der Waals surface area contributed by atoms with Crippen molar-refractivity contribution >= 4 is 11.9 Å². The lowest BCUT2D eigenvalue weighted by Crippen LogP contribution is -2.46. The molecule has 0 aromatic rings. The van der Waals surface area contributed by atoms with Gasteiger partial charge < -0.3 is 20.3 Å². The lowest BCUT2D eigenvalue weighted by Gasteiger charge is -2.24. The molecule has 338 valence electrons. The minimum absolute atomic E-state index is 0.0673. The van der Waals surface area contributed by atoms with Crippen molar-refractivity contribution in [1.29, 1.82) is 0 Å². The number of hydrogen-bond acceptors (Lipinski definition) is 5. The van der Waals surface area contributed by atoms with Crippen LogP contribution in [0.15, 0.2) is 48.6 Å². The maximum absolute atomic E-state index is 13.2. The van der Waals surface area contributed by atoms with Gasteiger partial charge in [0, 0.05) is 6.42 Å². The fourth-order valence-corrected chi connectivity index (χ4v) is 7.42. The minimum atomic E-state index is -0.790. The highest BCUT2D eigenvalue weighted by Crippen LogP contribution is 2.18. The van der Waals surface area contributed by atoms with Gasteiger partial charge in [0.1, 0.15) is 6.10 Å². The first kappa shape index (κ1) is 55.8. The van der Waals surface area contributed by atoms with Crippen LogP contribution in [0.1, 0.15) is 245 Å². The van der Waals surface area contributed by atoms with Crippen LogP contribution in [0, 0.1) is 0 Å². The molecule has 0 bridgehead atoms. The van der Waals surface area contributed by atoms with Crippen LogP contribution >= 0.6 is 0 Å². The largest absolute Gasteiger partial charge is 0.462 e. The number of nitrogens with one attached hydrogen (secondary N) is 1. The van der Waals surface area contributed by atoms with Crippen molar-refractivity contribution in [2.75, 3.05) is 6.61 Å². The van der Waals surface area contributed by atoms with Gasteiger partial charge in [0.05, 0.1) is 25.2 Å². The van der Waals surface area contributed by atoms with E-state index in [9.17, 15) is 19.8 Å². The second kappa shape index (κ2) is 45.9. The molecule has 3 unspecified atom stereocenters. The molecule has 0 spiro atoms. The third kappa shape index (κ3) is 40.6. The Hall–Kier alpha value is -2.18. The van der Waals surface area contributed by atoms with Crippen LogP contribution < -0.4 is 5.32 Å². The first-order valence-electron chi connectivity index (χ1n) is 24.9. The summed E-state index contributed by atoms with van der Waals surface area (Å²) in [6.45, 7) is 6.33. The fourth-order valence-electron chi connectivity index (χ4n) is 7.42. The topological polar surface area (TPSA) is 95.9 Å². The lowest BCUT2D eigenvalue weighted by molar-refractivity contribution is -0.151. The summed E-state index contributed by atoms with van der Waals surface area (Å²) in [4.78, 5) is 26.1. The highest BCUT2D eigenvalue weighted by atomic mass is 16.5. The van der Waals surface area contributed by atoms with Gasteiger partial charge in [-0.3, -0.25) is 9.59 Å². The van der Waals surface area contributed by atoms with Gasteiger partial charge in [-0.1, -0.05) is 211 Å². The molecule has 3 N–H and O–H groups in total. The molecular weight excluding hydrogens is 719 g/mol. The summed E-state index contributed by atoms with van der Waals surface area (Å²) in [7, 11) is 0. The Morgan fingerprint density at radius 2 is 0.948 bits per heavy atom. The van der Waals surface area contributed by atoms with E-state index in [1.165, 1.54) is 122 Å². The monoisotopic (exact) mass is 814 g/mol. The van der Waals surface area contributed by atoms with Crippen LogP contribution in [-0.4, -0.2) is 46.9 Å². The summed E-state index contributed by atoms with van der Waals surface area (Å²) in [5, 5.41) is 23.7. The predicted molar refractivity (Wildman–Crippen MR) is 250 cm³/mol. The Morgan fingerprint density at radius 3 is 1.47 bits per heavy atom. The van der Waals surface area contributed by atoms with Gasteiger partial charge in [0.15, 0.2) is 0 Å². The van der Waals surface area contributed by atoms with E-state index in [1.54, 1.807) is 0 Å². The molecular formula is C52H95NO5. The van der Waals surface area contributed by atoms with Crippen LogP contribution in [0.25, 0.3) is 0 Å². The highest BCUT2D eigenvalue weighted by molar-refractivity contribution is 5.77. The Kier molecular flexibility index (Phi) is 44.2. The second-order valence-electron chi connectivity index (χ2n) is 16.9. The van der Waals surface area contributed by atoms with Crippen LogP contribution in [-0.2, 0) is 14.3 Å². The molecule has 0 saturated carbocycles. The maximum atomic E-state index is 13.2. The number of ether oxygens (including phenoxy) is 1. The molecule has 0 saturated heterocycles. The molecule has 6 nitrogen and oxygen atoms in total. The molecule has 0 aromatic heterocycles. The Labute approximate surface area is 359 Å². The minimum Gasteiger partial charge on any atom is -0.462 e. The van der Waals surface area contributed by atoms with Gasteiger partial charge in [-0.15, -0.1) is 0 Å². The van der Waals surface area contributed by atoms with E-state index in [4.69, 9.17) is 4.74 Å². The molecule has 0 heterocycles. The number of amides is 1. The maximum Gasteiger partial charge on any atom is 0.306 e. The molecule has 0 aliphatic rings. The van der Waals surface area contributed by atoms with Gasteiger partial charge in [-0.2, -0.15) is 0 Å². The van der Waals surface area contributed by atoms with Gasteiger partial charge in [0.25, 0.3) is 0 Å². The van der Waals surface area contributed by atoms with Gasteiger partial charge in [-0.25, -0.2) is 0 Å². The Bertz CT molecular complexity index is 1000. The summed E-state index contributed by atoms with van der Waals surface area (Å²) in [6, 6.07) is -0.705. The van der Waals surface area contributed by atoms with E-state index >= 15 is 0 Å². The van der Waals surface area contributed by atoms with Crippen molar-refractivity contribution in [3.05, 3.63) is 48.6 Å². The summed E-state index contributed by atoms with van der Waals surface area (Å²) in [6.07, 6.45) is 54.5. The number of aliphatic hydroxyl groups is 2. The quantitative estimate of drug-likeness (QED) is 0.0246. The predicted octanol–water partition coefficient (Wildman–Crippen LogP) is 14.7. The summed E-state index contributed by atoms with van der Waals surface area (Å²) >= 11 is 0. The van der Waals surface area contributed by atoms with Gasteiger partial charge in [-0.05, 0) is 70.6 Å². The number of hydrogen-bond donors (Lipinski definition) is 3. The van der Waals surface area contributed by atoms with Crippen molar-refractivity contribution in [2.45, 2.75) is 264 Å². The number of allylic oxidation sites excluding steroid dienone is 8. The van der Waals surface area contributed by atoms with Crippen molar-refractivity contribution in [2.24, 2.45) is 0 Å². The average Bonchev–Trinajstić information content (AvgIpc) is 3.22. The summed E-state index contributed by atoms with van der Waals surface area (Å²) < 4.78 is 5.92. The zero-order valence-corrected chi connectivity index (χ0v) is 38.4. The Morgan fingerprint density at radius 1 is 0.517 bits per heavy atom. The van der Waals surface area contributed by atoms with Gasteiger partial charge in [0.2, 0.25) is 5.91 Å². The molecule has 0 radical (unpaired) electrons. The highest BCUT2D eigenvalue weighted by Gasteiger charge is 2.24. The molecule has 0 rings (SSSR count). The average molecular weight is 814 g/mol. The Balaban J connectivity index is 4.60. The smallest absolute Gasteiger partial charge is 0.306 e. The molecule has 0 aliphatic heterocycles. The SMILES string of the molecule is CC/C=C/C=C/C=C/CCCCCCCCCC(=O)OC(CCCCCCC/C=C\CCCCCC)CC(=O)NC(CO)C(O)CCCCCCCCCCCCC. The van der Waals surface area contributed by atoms with Gasteiger partial charge >= 0.3 is 5.97 Å². The molecule has 1 amide bonds. The van der Waals surface area contributed by atoms with Crippen LogP contribution in [0.5, 0.6) is 0 Å². The molecule has 0 aliphatic carbocycles. The van der Waals surface area contributed by atoms with E-state index in [1.807, 2.05) is 0 Å². The standard InChI is InChI=1S/C52H95NO5/c1-4-7-10-13-16-19-22-24-25-27-30-33-36-39-42-45-52(57)58-48(43-40-37-34-31-29-26-23-20-17-14-11-8-5-2)46-51(56)53-49(47-54)50(55)44-41-38-35-32-28-21-18-15-12-9-6-3/h7,10,13,16,19-20,22-23,48-50,54-55H,4-6,8-9,11-12,14-15,17-18,21,24-47H2,1-3H3,(H,53,56)/b10-7+,16-13+,22-19+,23-20-. The summed E-state index contributed by atoms with van der Waals surface area (Å²) in [5.74, 6) is -0.493. The van der Waals surface area contributed by atoms with Crippen molar-refractivity contribution in [3.63, 3.8) is 0 Å². The van der Waals surface area contributed by atoms with E-state index in [0.29, 0.717) is 19.3 Å². The summed E-state index contributed by atoms with van der Waals surface area (Å²) in [5.41, 5.74) is 0. The first-order valence-corrected chi connectivity index (χ1v) is 24.9. The number of unbranched alkanes of at least 4 members (excludes halogenated alkanes) is 26. The second-order valence-corrected chi connectivity index (χ2v) is 16.9. The number of carbonyl (C=O) groups is 2. The third-order valence-corrected chi connectivity index (χ3v) is 11.2. The zero-order valence-electron chi connectivity index (χ0n) is 38.4. The molecule has 0 fully saturated rings. The van der Waals surface area contributed by atoms with Crippen LogP contribution in [0.4, 0.5) is 0 Å². The normalized spacial score (nSPS) is 13.7. The third-order valence-electron chi connectivity index (χ3n) is 11.2. The van der Waals surface area contributed by atoms with Crippen LogP contribution in [0.2, 0.25) is 0 Å².